The van der Waals surface area contributed by atoms with Crippen molar-refractivity contribution in [3.63, 3.8) is 0 Å². The number of rotatable bonds is 6. The van der Waals surface area contributed by atoms with Crippen LogP contribution in [-0.2, 0) is 6.54 Å². The van der Waals surface area contributed by atoms with Gasteiger partial charge in [-0.2, -0.15) is 0 Å². The van der Waals surface area contributed by atoms with Gasteiger partial charge in [-0.15, -0.1) is 0 Å². The van der Waals surface area contributed by atoms with Crippen molar-refractivity contribution in [2.75, 3.05) is 13.2 Å². The summed E-state index contributed by atoms with van der Waals surface area (Å²) in [4.78, 5) is 23.1. The van der Waals surface area contributed by atoms with Crippen molar-refractivity contribution in [3.05, 3.63) is 59.8 Å². The number of nitrogens with zero attached hydrogens (tertiary/aromatic N) is 4. The molecular formula is C19H21FN4O2. The summed E-state index contributed by atoms with van der Waals surface area (Å²) in [6, 6.07) is 7.88. The van der Waals surface area contributed by atoms with Gasteiger partial charge < -0.3 is 14.6 Å². The zero-order valence-corrected chi connectivity index (χ0v) is 14.8. The Kier molecular flexibility index (Phi) is 5.27. The molecular weight excluding hydrogens is 335 g/mol. The lowest BCUT2D eigenvalue weighted by Gasteiger charge is -2.22. The van der Waals surface area contributed by atoms with Crippen molar-refractivity contribution in [1.29, 1.82) is 0 Å². The highest BCUT2D eigenvalue weighted by Gasteiger charge is 2.18. The number of benzene rings is 1. The zero-order valence-electron chi connectivity index (χ0n) is 14.8. The summed E-state index contributed by atoms with van der Waals surface area (Å²) in [6.45, 7) is 4.36. The molecule has 0 saturated carbocycles. The van der Waals surface area contributed by atoms with E-state index in [9.17, 15) is 14.3 Å². The molecule has 7 heteroatoms. The van der Waals surface area contributed by atoms with E-state index in [-0.39, 0.29) is 37.5 Å². The maximum atomic E-state index is 13.1. The normalized spacial score (nSPS) is 11.3. The molecule has 0 spiro atoms. The van der Waals surface area contributed by atoms with Gasteiger partial charge in [0.1, 0.15) is 11.3 Å². The minimum absolute atomic E-state index is 0.162. The van der Waals surface area contributed by atoms with Crippen LogP contribution in [0.5, 0.6) is 0 Å². The molecule has 0 atom stereocenters. The molecule has 0 bridgehead atoms. The summed E-state index contributed by atoms with van der Waals surface area (Å²) in [6.07, 6.45) is 3.24. The molecule has 0 saturated heterocycles. The van der Waals surface area contributed by atoms with E-state index >= 15 is 0 Å². The monoisotopic (exact) mass is 356 g/mol. The Balaban J connectivity index is 1.86. The molecule has 0 fully saturated rings. The first kappa shape index (κ1) is 18.0. The molecule has 3 rings (SSSR count). The molecule has 0 unspecified atom stereocenters. The van der Waals surface area contributed by atoms with Crippen molar-refractivity contribution < 1.29 is 14.3 Å². The van der Waals surface area contributed by atoms with Crippen LogP contribution in [0.4, 0.5) is 4.39 Å². The first-order valence-electron chi connectivity index (χ1n) is 8.46. The zero-order chi connectivity index (χ0) is 18.7. The Morgan fingerprint density at radius 3 is 2.65 bits per heavy atom. The van der Waals surface area contributed by atoms with Gasteiger partial charge >= 0.3 is 0 Å². The summed E-state index contributed by atoms with van der Waals surface area (Å²) in [5.41, 5.74) is 2.56. The van der Waals surface area contributed by atoms with E-state index in [2.05, 4.69) is 9.97 Å². The Morgan fingerprint density at radius 2 is 2.00 bits per heavy atom. The summed E-state index contributed by atoms with van der Waals surface area (Å²) < 4.78 is 15.0. The molecule has 0 aliphatic heterocycles. The van der Waals surface area contributed by atoms with Crippen molar-refractivity contribution >= 4 is 17.1 Å². The van der Waals surface area contributed by atoms with Gasteiger partial charge in [0.05, 0.1) is 18.5 Å². The van der Waals surface area contributed by atoms with E-state index in [1.807, 2.05) is 18.4 Å². The Labute approximate surface area is 150 Å². The predicted octanol–water partition coefficient (Wildman–Crippen LogP) is 2.79. The van der Waals surface area contributed by atoms with Crippen molar-refractivity contribution in [2.45, 2.75) is 26.4 Å². The number of aliphatic hydroxyl groups is 1. The summed E-state index contributed by atoms with van der Waals surface area (Å²) in [7, 11) is 0. The van der Waals surface area contributed by atoms with Crippen LogP contribution >= 0.6 is 0 Å². The number of carbonyl (C=O) groups excluding carboxylic acids is 1. The van der Waals surface area contributed by atoms with Crippen LogP contribution in [0.15, 0.2) is 42.9 Å². The van der Waals surface area contributed by atoms with E-state index in [1.54, 1.807) is 24.5 Å². The van der Waals surface area contributed by atoms with Gasteiger partial charge in [0.2, 0.25) is 0 Å². The van der Waals surface area contributed by atoms with Gasteiger partial charge in [-0.05, 0) is 37.6 Å². The Hall–Kier alpha value is -2.80. The molecule has 1 aromatic carbocycles. The van der Waals surface area contributed by atoms with Crippen LogP contribution in [0.3, 0.4) is 0 Å². The van der Waals surface area contributed by atoms with Crippen LogP contribution in [0.25, 0.3) is 11.2 Å². The fourth-order valence-electron chi connectivity index (χ4n) is 2.78. The van der Waals surface area contributed by atoms with Gasteiger partial charge in [-0.1, -0.05) is 12.1 Å². The van der Waals surface area contributed by atoms with E-state index in [1.165, 1.54) is 23.2 Å². The molecule has 3 aromatic rings. The lowest BCUT2D eigenvalue weighted by Crippen LogP contribution is -2.33. The minimum Gasteiger partial charge on any atom is -0.395 e. The molecule has 0 aliphatic rings. The second kappa shape index (κ2) is 7.61. The number of fused-ring (bicyclic) bond motifs is 1. The number of amides is 1. The lowest BCUT2D eigenvalue weighted by molar-refractivity contribution is 0.0707. The van der Waals surface area contributed by atoms with Gasteiger partial charge in [0, 0.05) is 25.3 Å². The van der Waals surface area contributed by atoms with Crippen molar-refractivity contribution in [1.82, 2.24) is 19.4 Å². The first-order chi connectivity index (χ1) is 12.5. The third-order valence-corrected chi connectivity index (χ3v) is 4.16. The molecule has 136 valence electrons. The average Bonchev–Trinajstić information content (AvgIpc) is 3.06. The van der Waals surface area contributed by atoms with E-state index in [0.717, 1.165) is 11.2 Å². The number of halogens is 1. The maximum absolute atomic E-state index is 13.1. The number of hydrogen-bond donors (Lipinski definition) is 1. The summed E-state index contributed by atoms with van der Waals surface area (Å²) >= 11 is 0. The van der Waals surface area contributed by atoms with Crippen molar-refractivity contribution in [3.8, 4) is 0 Å². The number of aromatic nitrogens is 3. The number of imidazole rings is 1. The predicted molar refractivity (Wildman–Crippen MR) is 96.1 cm³/mol. The SMILES string of the molecule is CC(C)n1cnc2cc(C(=O)N(CCO)Cc3ccc(F)cc3)cnc21. The number of pyridine rings is 1. The van der Waals surface area contributed by atoms with Crippen LogP contribution in [0, 0.1) is 5.82 Å². The fourth-order valence-corrected chi connectivity index (χ4v) is 2.78. The molecule has 26 heavy (non-hydrogen) atoms. The molecule has 1 N–H and O–H groups in total. The topological polar surface area (TPSA) is 71.2 Å². The van der Waals surface area contributed by atoms with Gasteiger partial charge in [0.15, 0.2) is 5.65 Å². The molecule has 1 amide bonds. The van der Waals surface area contributed by atoms with E-state index < -0.39 is 0 Å². The van der Waals surface area contributed by atoms with Crippen LogP contribution in [0.1, 0.15) is 35.8 Å². The Morgan fingerprint density at radius 1 is 1.27 bits per heavy atom. The number of aliphatic hydroxyl groups excluding tert-OH is 1. The fraction of sp³-hybridized carbons (Fsp3) is 0.316. The number of carbonyl (C=O) groups is 1. The van der Waals surface area contributed by atoms with Crippen LogP contribution in [0.2, 0.25) is 0 Å². The Bertz CT molecular complexity index is 906. The number of hydrogen-bond acceptors (Lipinski definition) is 4. The molecule has 6 nitrogen and oxygen atoms in total. The second-order valence-electron chi connectivity index (χ2n) is 6.39. The standard InChI is InChI=1S/C19H21FN4O2/c1-13(2)24-12-22-17-9-15(10-21-18(17)24)19(26)23(7-8-25)11-14-3-5-16(20)6-4-14/h3-6,9-10,12-13,25H,7-8,11H2,1-2H3. The average molecular weight is 356 g/mol. The second-order valence-corrected chi connectivity index (χ2v) is 6.39. The van der Waals surface area contributed by atoms with Gasteiger partial charge in [-0.25, -0.2) is 14.4 Å². The molecule has 2 aromatic heterocycles. The summed E-state index contributed by atoms with van der Waals surface area (Å²) in [5.74, 6) is -0.582. The first-order valence-corrected chi connectivity index (χ1v) is 8.46. The highest BCUT2D eigenvalue weighted by molar-refractivity contribution is 5.96. The molecule has 0 aliphatic carbocycles. The largest absolute Gasteiger partial charge is 0.395 e. The highest BCUT2D eigenvalue weighted by Crippen LogP contribution is 2.18. The van der Waals surface area contributed by atoms with Crippen LogP contribution < -0.4 is 0 Å². The van der Waals surface area contributed by atoms with Gasteiger partial charge in [-0.3, -0.25) is 4.79 Å². The van der Waals surface area contributed by atoms with Crippen molar-refractivity contribution in [2.24, 2.45) is 0 Å². The quantitative estimate of drug-likeness (QED) is 0.737. The van der Waals surface area contributed by atoms with E-state index in [0.29, 0.717) is 11.1 Å². The van der Waals surface area contributed by atoms with Gasteiger partial charge in [0.25, 0.3) is 5.91 Å². The molecule has 2 heterocycles. The van der Waals surface area contributed by atoms with Crippen LogP contribution in [-0.4, -0.2) is 43.6 Å². The smallest absolute Gasteiger partial charge is 0.255 e. The lowest BCUT2D eigenvalue weighted by atomic mass is 10.1. The molecule has 0 radical (unpaired) electrons. The third-order valence-electron chi connectivity index (χ3n) is 4.16. The third kappa shape index (κ3) is 3.72. The van der Waals surface area contributed by atoms with E-state index in [4.69, 9.17) is 0 Å². The highest BCUT2D eigenvalue weighted by atomic mass is 19.1. The summed E-state index contributed by atoms with van der Waals surface area (Å²) in [5, 5.41) is 9.31. The maximum Gasteiger partial charge on any atom is 0.255 e. The minimum atomic E-state index is -0.329.